The third-order valence-electron chi connectivity index (χ3n) is 6.37. The van der Waals surface area contributed by atoms with Crippen LogP contribution < -0.4 is 5.56 Å². The lowest BCUT2D eigenvalue weighted by Crippen LogP contribution is -2.27. The van der Waals surface area contributed by atoms with Crippen LogP contribution in [0.1, 0.15) is 56.1 Å². The van der Waals surface area contributed by atoms with Crippen LogP contribution >= 0.6 is 11.6 Å². The summed E-state index contributed by atoms with van der Waals surface area (Å²) in [6, 6.07) is 16.9. The maximum absolute atomic E-state index is 13.3. The molecule has 0 saturated carbocycles. The summed E-state index contributed by atoms with van der Waals surface area (Å²) < 4.78 is 47.7. The molecule has 4 rings (SSSR count). The summed E-state index contributed by atoms with van der Waals surface area (Å²) in [7, 11) is 0. The highest BCUT2D eigenvalue weighted by Gasteiger charge is 2.31. The Morgan fingerprint density at radius 3 is 2.26 bits per heavy atom. The number of benzene rings is 3. The molecule has 4 nitrogen and oxygen atoms in total. The first-order valence-corrected chi connectivity index (χ1v) is 12.8. The van der Waals surface area contributed by atoms with Crippen molar-refractivity contribution in [2.45, 2.75) is 59.0 Å². The van der Waals surface area contributed by atoms with Crippen LogP contribution in [-0.2, 0) is 22.3 Å². The Bertz CT molecular complexity index is 1600. The molecule has 0 spiro atoms. The topological polar surface area (TPSA) is 48.3 Å². The van der Waals surface area contributed by atoms with E-state index in [1.807, 2.05) is 39.8 Å². The molecule has 0 saturated heterocycles. The molecule has 0 N–H and O–H groups in total. The molecule has 8 heteroatoms. The van der Waals surface area contributed by atoms with Crippen LogP contribution in [0.2, 0.25) is 5.02 Å². The summed E-state index contributed by atoms with van der Waals surface area (Å²) in [5.41, 5.74) is 1.94. The van der Waals surface area contributed by atoms with Crippen molar-refractivity contribution in [2.75, 3.05) is 0 Å². The van der Waals surface area contributed by atoms with Crippen LogP contribution in [0, 0.1) is 6.92 Å². The van der Waals surface area contributed by atoms with Crippen molar-refractivity contribution in [3.8, 4) is 11.1 Å². The minimum Gasteiger partial charge on any atom is -0.360 e. The molecule has 1 atom stereocenters. The highest BCUT2D eigenvalue weighted by molar-refractivity contribution is 6.30. The Morgan fingerprint density at radius 1 is 1.00 bits per heavy atom. The van der Waals surface area contributed by atoms with Gasteiger partial charge in [0.05, 0.1) is 23.2 Å². The Balaban J connectivity index is 2.03. The number of ketones is 1. The lowest BCUT2D eigenvalue weighted by atomic mass is 9.87. The number of nitrogens with zero attached hydrogens (tertiary/aromatic N) is 1. The van der Waals surface area contributed by atoms with E-state index in [9.17, 15) is 22.8 Å². The highest BCUT2D eigenvalue weighted by atomic mass is 35.5. The zero-order valence-corrected chi connectivity index (χ0v) is 23.1. The average Bonchev–Trinajstić information content (AvgIpc) is 2.83. The molecule has 0 fully saturated rings. The third kappa shape index (κ3) is 6.26. The molecule has 1 heterocycles. The molecule has 0 amide bonds. The fourth-order valence-electron chi connectivity index (χ4n) is 4.74. The van der Waals surface area contributed by atoms with Crippen LogP contribution in [0.15, 0.2) is 71.5 Å². The van der Waals surface area contributed by atoms with Crippen LogP contribution in [-0.4, -0.2) is 16.0 Å². The lowest BCUT2D eigenvalue weighted by molar-refractivity contribution is -0.139. The fourth-order valence-corrected chi connectivity index (χ4v) is 4.87. The predicted octanol–water partition coefficient (Wildman–Crippen LogP) is 8.14. The SMILES string of the molecule is CC(=O)C(OC(C)(C)C)c1c(C)cc2c(ccc(=O)n2Cc2cccc(C(F)(F)F)c2)c1-c1ccc(Cl)cc1. The second-order valence-electron chi connectivity index (χ2n) is 10.6. The number of aryl methyl sites for hydroxylation is 1. The second-order valence-corrected chi connectivity index (χ2v) is 11.0. The van der Waals surface area contributed by atoms with Crippen LogP contribution in [0.3, 0.4) is 0 Å². The van der Waals surface area contributed by atoms with Gasteiger partial charge < -0.3 is 9.30 Å². The zero-order valence-electron chi connectivity index (χ0n) is 22.3. The monoisotopic (exact) mass is 555 g/mol. The maximum atomic E-state index is 13.3. The smallest absolute Gasteiger partial charge is 0.360 e. The molecule has 4 aromatic rings. The van der Waals surface area contributed by atoms with Crippen molar-refractivity contribution < 1.29 is 22.7 Å². The molecule has 0 bridgehead atoms. The van der Waals surface area contributed by atoms with E-state index >= 15 is 0 Å². The summed E-state index contributed by atoms with van der Waals surface area (Å²) in [6.07, 6.45) is -5.38. The van der Waals surface area contributed by atoms with E-state index in [1.165, 1.54) is 23.6 Å². The van der Waals surface area contributed by atoms with Crippen molar-refractivity contribution in [3.63, 3.8) is 0 Å². The van der Waals surface area contributed by atoms with E-state index in [2.05, 4.69) is 0 Å². The molecule has 0 aliphatic carbocycles. The van der Waals surface area contributed by atoms with Gasteiger partial charge in [0, 0.05) is 16.5 Å². The van der Waals surface area contributed by atoms with Crippen molar-refractivity contribution >= 4 is 28.3 Å². The van der Waals surface area contributed by atoms with Crippen molar-refractivity contribution in [2.24, 2.45) is 0 Å². The molecule has 204 valence electrons. The first-order valence-electron chi connectivity index (χ1n) is 12.4. The van der Waals surface area contributed by atoms with Gasteiger partial charge in [0.2, 0.25) is 0 Å². The number of carbonyl (C=O) groups excluding carboxylic acids is 1. The van der Waals surface area contributed by atoms with Crippen molar-refractivity contribution in [3.05, 3.63) is 104 Å². The summed E-state index contributed by atoms with van der Waals surface area (Å²) in [5, 5.41) is 1.20. The number of hydrogen-bond acceptors (Lipinski definition) is 3. The lowest BCUT2D eigenvalue weighted by Gasteiger charge is -2.30. The van der Waals surface area contributed by atoms with Crippen molar-refractivity contribution in [1.29, 1.82) is 0 Å². The van der Waals surface area contributed by atoms with Gasteiger partial charge in [0.15, 0.2) is 5.78 Å². The number of Topliss-reactive ketones (excluding diaryl/α,β-unsaturated/α-hetero) is 1. The zero-order chi connectivity index (χ0) is 28.7. The van der Waals surface area contributed by atoms with Crippen LogP contribution in [0.5, 0.6) is 0 Å². The molecule has 1 aromatic heterocycles. The normalized spacial score (nSPS) is 13.1. The first-order chi connectivity index (χ1) is 18.2. The molecular weight excluding hydrogens is 527 g/mol. The summed E-state index contributed by atoms with van der Waals surface area (Å²) >= 11 is 6.17. The number of ether oxygens (including phenoxy) is 1. The quantitative estimate of drug-likeness (QED) is 0.241. The van der Waals surface area contributed by atoms with Gasteiger partial charge >= 0.3 is 6.18 Å². The standard InChI is InChI=1S/C31H29ClF3NO3/c1-18-15-25-24(13-14-26(38)36(25)17-20-7-6-8-22(16-20)31(33,34)35)28(21-9-11-23(32)12-10-21)27(18)29(19(2)37)39-30(3,4)5/h6-16,29H,17H2,1-5H3. The molecule has 0 radical (unpaired) electrons. The van der Waals surface area contributed by atoms with E-state index in [-0.39, 0.29) is 17.9 Å². The van der Waals surface area contributed by atoms with Gasteiger partial charge in [-0.3, -0.25) is 9.59 Å². The molecule has 0 aliphatic rings. The Hall–Kier alpha value is -3.42. The Morgan fingerprint density at radius 2 is 1.67 bits per heavy atom. The van der Waals surface area contributed by atoms with Gasteiger partial charge in [-0.05, 0) is 98.8 Å². The maximum Gasteiger partial charge on any atom is 0.416 e. The number of hydrogen-bond donors (Lipinski definition) is 0. The van der Waals surface area contributed by atoms with Crippen LogP contribution in [0.4, 0.5) is 13.2 Å². The van der Waals surface area contributed by atoms with Gasteiger partial charge in [-0.25, -0.2) is 0 Å². The van der Waals surface area contributed by atoms with Gasteiger partial charge in [-0.2, -0.15) is 13.2 Å². The average molecular weight is 556 g/mol. The molecule has 1 unspecified atom stereocenters. The largest absolute Gasteiger partial charge is 0.416 e. The summed E-state index contributed by atoms with van der Waals surface area (Å²) in [4.78, 5) is 26.0. The first kappa shape index (κ1) is 28.6. The highest BCUT2D eigenvalue weighted by Crippen LogP contribution is 2.41. The molecule has 39 heavy (non-hydrogen) atoms. The number of fused-ring (bicyclic) bond motifs is 1. The van der Waals surface area contributed by atoms with Gasteiger partial charge in [-0.1, -0.05) is 35.9 Å². The van der Waals surface area contributed by atoms with E-state index in [0.29, 0.717) is 38.2 Å². The Labute approximate surface area is 230 Å². The fraction of sp³-hybridized carbons (Fsp3) is 0.290. The Kier molecular flexibility index (Phi) is 7.79. The minimum atomic E-state index is -4.50. The number of pyridine rings is 1. The number of alkyl halides is 3. The van der Waals surface area contributed by atoms with Gasteiger partial charge in [-0.15, -0.1) is 0 Å². The van der Waals surface area contributed by atoms with E-state index in [4.69, 9.17) is 16.3 Å². The van der Waals surface area contributed by atoms with Gasteiger partial charge in [0.25, 0.3) is 5.56 Å². The van der Waals surface area contributed by atoms with E-state index < -0.39 is 23.4 Å². The second kappa shape index (κ2) is 10.6. The third-order valence-corrected chi connectivity index (χ3v) is 6.62. The number of carbonyl (C=O) groups is 1. The molecule has 0 aliphatic heterocycles. The van der Waals surface area contributed by atoms with Gasteiger partial charge in [0.1, 0.15) is 6.10 Å². The molecule has 3 aromatic carbocycles. The number of aromatic nitrogens is 1. The molecular formula is C31H29ClF3NO3. The number of halogens is 4. The van der Waals surface area contributed by atoms with E-state index in [1.54, 1.807) is 30.3 Å². The number of rotatable bonds is 6. The minimum absolute atomic E-state index is 0.0619. The summed E-state index contributed by atoms with van der Waals surface area (Å²) in [6.45, 7) is 8.85. The van der Waals surface area contributed by atoms with E-state index in [0.717, 1.165) is 17.7 Å². The predicted molar refractivity (Wildman–Crippen MR) is 148 cm³/mol. The van der Waals surface area contributed by atoms with Crippen molar-refractivity contribution in [1.82, 2.24) is 4.57 Å². The summed E-state index contributed by atoms with van der Waals surface area (Å²) in [5.74, 6) is -0.181. The van der Waals surface area contributed by atoms with Crippen LogP contribution in [0.25, 0.3) is 22.0 Å².